The Morgan fingerprint density at radius 1 is 0.865 bits per heavy atom. The molecule has 9 nitrogen and oxygen atoms in total. The van der Waals surface area contributed by atoms with Gasteiger partial charge < -0.3 is 19.3 Å². The predicted octanol–water partition coefficient (Wildman–Crippen LogP) is 3.73. The molecule has 1 saturated heterocycles. The Morgan fingerprint density at radius 2 is 1.46 bits per heavy atom. The molecule has 0 bridgehead atoms. The van der Waals surface area contributed by atoms with Crippen LogP contribution in [-0.4, -0.2) is 78.6 Å². The summed E-state index contributed by atoms with van der Waals surface area (Å²) in [7, 11) is 0. The van der Waals surface area contributed by atoms with Crippen LogP contribution < -0.4 is 4.90 Å². The summed E-state index contributed by atoms with van der Waals surface area (Å²) in [6.07, 6.45) is 0.649. The minimum atomic E-state index is -0.758. The van der Waals surface area contributed by atoms with Crippen LogP contribution >= 0.6 is 0 Å². The van der Waals surface area contributed by atoms with Crippen LogP contribution in [0.2, 0.25) is 0 Å². The number of ether oxygens (including phenoxy) is 2. The van der Waals surface area contributed by atoms with E-state index >= 15 is 0 Å². The summed E-state index contributed by atoms with van der Waals surface area (Å²) in [4.78, 5) is 56.0. The maximum atomic E-state index is 13.2. The lowest BCUT2D eigenvalue weighted by Gasteiger charge is -2.48. The van der Waals surface area contributed by atoms with Gasteiger partial charge in [0.2, 0.25) is 5.91 Å². The van der Waals surface area contributed by atoms with Crippen LogP contribution in [0.3, 0.4) is 0 Å². The third kappa shape index (κ3) is 5.51. The van der Waals surface area contributed by atoms with Crippen molar-refractivity contribution in [2.75, 3.05) is 44.3 Å². The average Bonchev–Trinajstić information content (AvgIpc) is 3.17. The molecule has 2 aliphatic rings. The minimum absolute atomic E-state index is 0.0126. The van der Waals surface area contributed by atoms with Crippen LogP contribution in [0.1, 0.15) is 53.8 Å². The van der Waals surface area contributed by atoms with Gasteiger partial charge in [-0.2, -0.15) is 0 Å². The molecule has 0 spiro atoms. The molecule has 37 heavy (non-hydrogen) atoms. The lowest BCUT2D eigenvalue weighted by atomic mass is 9.85. The van der Waals surface area contributed by atoms with Gasteiger partial charge in [0.15, 0.2) is 0 Å². The largest absolute Gasteiger partial charge is 0.508 e. The van der Waals surface area contributed by atoms with Crippen molar-refractivity contribution in [3.05, 3.63) is 65.7 Å². The van der Waals surface area contributed by atoms with Gasteiger partial charge in [0, 0.05) is 38.3 Å². The highest BCUT2D eigenvalue weighted by Crippen LogP contribution is 2.35. The Morgan fingerprint density at radius 3 is 2.03 bits per heavy atom. The lowest BCUT2D eigenvalue weighted by Crippen LogP contribution is -2.61. The summed E-state index contributed by atoms with van der Waals surface area (Å²) in [5, 5.41) is 0. The van der Waals surface area contributed by atoms with Crippen molar-refractivity contribution in [1.29, 1.82) is 0 Å². The number of hydrogen-bond acceptors (Lipinski definition) is 7. The van der Waals surface area contributed by atoms with Crippen molar-refractivity contribution in [3.63, 3.8) is 0 Å². The van der Waals surface area contributed by atoms with Gasteiger partial charge in [0.25, 0.3) is 11.8 Å². The molecule has 4 rings (SSSR count). The first kappa shape index (κ1) is 26.3. The maximum absolute atomic E-state index is 13.2. The fourth-order valence-corrected chi connectivity index (χ4v) is 5.08. The van der Waals surface area contributed by atoms with E-state index in [2.05, 4.69) is 4.90 Å². The number of hydrogen-bond donors (Lipinski definition) is 0. The van der Waals surface area contributed by atoms with E-state index in [1.54, 1.807) is 36.1 Å². The van der Waals surface area contributed by atoms with Crippen LogP contribution in [0.15, 0.2) is 54.6 Å². The summed E-state index contributed by atoms with van der Waals surface area (Å²) in [5.74, 6) is -0.588. The van der Waals surface area contributed by atoms with E-state index in [-0.39, 0.29) is 37.5 Å². The lowest BCUT2D eigenvalue weighted by molar-refractivity contribution is -0.120. The van der Waals surface area contributed by atoms with Gasteiger partial charge in [-0.1, -0.05) is 37.3 Å². The van der Waals surface area contributed by atoms with Gasteiger partial charge in [-0.3, -0.25) is 19.3 Å². The fourth-order valence-electron chi connectivity index (χ4n) is 5.08. The molecular formula is C28H33N3O6. The van der Waals surface area contributed by atoms with E-state index < -0.39 is 11.7 Å². The highest BCUT2D eigenvalue weighted by Gasteiger charge is 2.44. The smallest absolute Gasteiger partial charge is 0.435 e. The predicted molar refractivity (Wildman–Crippen MR) is 137 cm³/mol. The van der Waals surface area contributed by atoms with Crippen LogP contribution in [0.4, 0.5) is 10.5 Å². The standard InChI is InChI=1S/C28H33N3O6/c1-3-24(32)31(21-10-6-5-7-11-21)28(20-37-27(35)36-4-2)14-16-29(17-15-28)18-19-30-25(33)22-12-8-9-13-23(22)26(30)34/h5-13H,3-4,14-20H2,1-2H3. The quantitative estimate of drug-likeness (QED) is 0.377. The number of likely N-dealkylation sites (tertiary alicyclic amines) is 1. The zero-order valence-electron chi connectivity index (χ0n) is 21.4. The van der Waals surface area contributed by atoms with Gasteiger partial charge in [-0.25, -0.2) is 4.79 Å². The van der Waals surface area contributed by atoms with Crippen molar-refractivity contribution in [2.24, 2.45) is 0 Å². The van der Waals surface area contributed by atoms with E-state index in [9.17, 15) is 19.2 Å². The summed E-state index contributed by atoms with van der Waals surface area (Å²) >= 11 is 0. The van der Waals surface area contributed by atoms with Crippen molar-refractivity contribution in [1.82, 2.24) is 9.80 Å². The number of nitrogens with zero attached hydrogens (tertiary/aromatic N) is 3. The molecule has 2 aromatic rings. The number of fused-ring (bicyclic) bond motifs is 1. The van der Waals surface area contributed by atoms with Gasteiger partial charge in [0.05, 0.1) is 23.3 Å². The fraction of sp³-hybridized carbons (Fsp3) is 0.429. The van der Waals surface area contributed by atoms with E-state index in [0.29, 0.717) is 50.0 Å². The van der Waals surface area contributed by atoms with Gasteiger partial charge in [-0.05, 0) is 44.0 Å². The van der Waals surface area contributed by atoms with Crippen molar-refractivity contribution < 1.29 is 28.7 Å². The SMILES string of the molecule is CCOC(=O)OCC1(N(C(=O)CC)c2ccccc2)CCN(CCN2C(=O)c3ccccc3C2=O)CC1. The van der Waals surface area contributed by atoms with Crippen molar-refractivity contribution in [3.8, 4) is 0 Å². The first-order valence-electron chi connectivity index (χ1n) is 12.8. The summed E-state index contributed by atoms with van der Waals surface area (Å²) < 4.78 is 10.5. The van der Waals surface area contributed by atoms with E-state index in [4.69, 9.17) is 9.47 Å². The Hall–Kier alpha value is -3.72. The summed E-state index contributed by atoms with van der Waals surface area (Å²) in [6, 6.07) is 16.3. The zero-order chi connectivity index (χ0) is 26.4. The monoisotopic (exact) mass is 507 g/mol. The number of amides is 3. The molecule has 2 aliphatic heterocycles. The molecule has 0 atom stereocenters. The van der Waals surface area contributed by atoms with Gasteiger partial charge in [0.1, 0.15) is 6.61 Å². The van der Waals surface area contributed by atoms with Crippen molar-refractivity contribution >= 4 is 29.6 Å². The molecule has 2 heterocycles. The highest BCUT2D eigenvalue weighted by atomic mass is 16.7. The number of benzene rings is 2. The average molecular weight is 508 g/mol. The maximum Gasteiger partial charge on any atom is 0.508 e. The number of carbonyl (C=O) groups is 4. The summed E-state index contributed by atoms with van der Waals surface area (Å²) in [6.45, 7) is 5.76. The second-order valence-electron chi connectivity index (χ2n) is 9.26. The zero-order valence-corrected chi connectivity index (χ0v) is 21.4. The molecule has 2 aromatic carbocycles. The molecule has 196 valence electrons. The number of piperidine rings is 1. The molecule has 0 saturated carbocycles. The first-order chi connectivity index (χ1) is 17.9. The molecule has 0 N–H and O–H groups in total. The van der Waals surface area contributed by atoms with Crippen LogP contribution in [0, 0.1) is 0 Å². The summed E-state index contributed by atoms with van der Waals surface area (Å²) in [5.41, 5.74) is 0.893. The Labute approximate surface area is 216 Å². The van der Waals surface area contributed by atoms with Crippen LogP contribution in [0.5, 0.6) is 0 Å². The third-order valence-corrected chi connectivity index (χ3v) is 7.07. The van der Waals surface area contributed by atoms with E-state index in [1.165, 1.54) is 4.90 Å². The second kappa shape index (κ2) is 11.6. The number of para-hydroxylation sites is 1. The molecule has 0 aromatic heterocycles. The Bertz CT molecular complexity index is 1110. The van der Waals surface area contributed by atoms with Gasteiger partial charge >= 0.3 is 6.16 Å². The van der Waals surface area contributed by atoms with Crippen molar-refractivity contribution in [2.45, 2.75) is 38.6 Å². The van der Waals surface area contributed by atoms with E-state index in [0.717, 1.165) is 5.69 Å². The topological polar surface area (TPSA) is 96.5 Å². The molecule has 9 heteroatoms. The number of carbonyl (C=O) groups excluding carboxylic acids is 4. The Kier molecular flexibility index (Phi) is 8.23. The van der Waals surface area contributed by atoms with E-state index in [1.807, 2.05) is 37.3 Å². The molecule has 0 aliphatic carbocycles. The number of rotatable bonds is 9. The Balaban J connectivity index is 1.47. The minimum Gasteiger partial charge on any atom is -0.435 e. The second-order valence-corrected chi connectivity index (χ2v) is 9.26. The number of anilines is 1. The molecule has 3 amide bonds. The molecule has 0 radical (unpaired) electrons. The van der Waals surface area contributed by atoms with Gasteiger partial charge in [-0.15, -0.1) is 0 Å². The number of imide groups is 1. The van der Waals surface area contributed by atoms with Crippen LogP contribution in [0.25, 0.3) is 0 Å². The third-order valence-electron chi connectivity index (χ3n) is 7.07. The highest BCUT2D eigenvalue weighted by molar-refractivity contribution is 6.21. The molecule has 1 fully saturated rings. The molecular weight excluding hydrogens is 474 g/mol. The van der Waals surface area contributed by atoms with Crippen LogP contribution in [-0.2, 0) is 14.3 Å². The molecule has 0 unspecified atom stereocenters. The first-order valence-corrected chi connectivity index (χ1v) is 12.8. The normalized spacial score (nSPS) is 16.9.